The Morgan fingerprint density at radius 3 is 2.56 bits per heavy atom. The molecule has 4 aliphatic rings. The fourth-order valence-corrected chi connectivity index (χ4v) is 7.70. The first-order valence-electron chi connectivity index (χ1n) is 10.2. The first-order valence-corrected chi connectivity index (χ1v) is 10.2. The van der Waals surface area contributed by atoms with E-state index in [0.29, 0.717) is 17.8 Å². The molecule has 0 saturated heterocycles. The molecule has 7 atom stereocenters. The molecule has 1 N–H and O–H groups in total. The number of hydrogen-bond donors (Lipinski definition) is 1. The molecule has 0 aromatic heterocycles. The molecule has 3 fully saturated rings. The monoisotopic (exact) mass is 346 g/mol. The van der Waals surface area contributed by atoms with Gasteiger partial charge >= 0.3 is 0 Å². The van der Waals surface area contributed by atoms with Gasteiger partial charge in [-0.15, -0.1) is 0 Å². The van der Waals surface area contributed by atoms with Gasteiger partial charge in [0.1, 0.15) is 5.60 Å². The number of aliphatic hydroxyl groups is 1. The number of ketones is 1. The second-order valence-corrected chi connectivity index (χ2v) is 9.74. The Hall–Kier alpha value is -0.670. The number of allylic oxidation sites excluding steroid dienone is 1. The van der Waals surface area contributed by atoms with Gasteiger partial charge in [0.2, 0.25) is 0 Å². The normalized spacial score (nSPS) is 52.0. The molecule has 3 heteroatoms. The van der Waals surface area contributed by atoms with Gasteiger partial charge in [-0.1, -0.05) is 25.5 Å². The molecule has 0 spiro atoms. The fraction of sp³-hybridized carbons (Fsp3) is 0.864. The zero-order chi connectivity index (χ0) is 18.0. The average molecular weight is 347 g/mol. The van der Waals surface area contributed by atoms with E-state index in [1.807, 2.05) is 0 Å². The Morgan fingerprint density at radius 2 is 1.88 bits per heavy atom. The van der Waals surface area contributed by atoms with Crippen molar-refractivity contribution in [3.05, 3.63) is 11.6 Å². The summed E-state index contributed by atoms with van der Waals surface area (Å²) in [5.41, 5.74) is 1.18. The van der Waals surface area contributed by atoms with Gasteiger partial charge in [0.25, 0.3) is 0 Å². The highest BCUT2D eigenvalue weighted by atomic mass is 16.5. The number of aliphatic hydroxyl groups excluding tert-OH is 1. The summed E-state index contributed by atoms with van der Waals surface area (Å²) in [5.74, 6) is 2.17. The maximum absolute atomic E-state index is 12.6. The molecule has 0 aromatic carbocycles. The van der Waals surface area contributed by atoms with Gasteiger partial charge < -0.3 is 9.84 Å². The van der Waals surface area contributed by atoms with E-state index >= 15 is 0 Å². The van der Waals surface area contributed by atoms with E-state index in [-0.39, 0.29) is 22.7 Å². The first kappa shape index (κ1) is 17.7. The maximum atomic E-state index is 12.6. The number of fused-ring (bicyclic) bond motifs is 5. The molecule has 140 valence electrons. The second-order valence-electron chi connectivity index (χ2n) is 9.74. The zero-order valence-corrected chi connectivity index (χ0v) is 16.3. The highest BCUT2D eigenvalue weighted by Crippen LogP contribution is 2.67. The van der Waals surface area contributed by atoms with Crippen LogP contribution in [0, 0.1) is 28.6 Å². The van der Waals surface area contributed by atoms with Crippen LogP contribution in [0.3, 0.4) is 0 Å². The third-order valence-electron chi connectivity index (χ3n) is 9.11. The summed E-state index contributed by atoms with van der Waals surface area (Å²) in [7, 11) is 1.74. The van der Waals surface area contributed by atoms with E-state index in [9.17, 15) is 9.90 Å². The average Bonchev–Trinajstić information content (AvgIpc) is 2.89. The number of carbonyl (C=O) groups is 1. The van der Waals surface area contributed by atoms with Gasteiger partial charge in [0, 0.05) is 12.5 Å². The summed E-state index contributed by atoms with van der Waals surface area (Å²) in [6.45, 7) is 6.51. The highest BCUT2D eigenvalue weighted by molar-refractivity contribution is 5.86. The Bertz CT molecular complexity index is 610. The number of ether oxygens (including phenoxy) is 1. The zero-order valence-electron chi connectivity index (χ0n) is 16.3. The van der Waals surface area contributed by atoms with Crippen molar-refractivity contribution in [1.29, 1.82) is 0 Å². The summed E-state index contributed by atoms with van der Waals surface area (Å²) in [6.07, 6.45) is 10.7. The predicted molar refractivity (Wildman–Crippen MR) is 98.1 cm³/mol. The van der Waals surface area contributed by atoms with Gasteiger partial charge in [-0.25, -0.2) is 0 Å². The SMILES string of the molecule is CO[C@]1(C(C)=O)CC[C@H]2[C@@H]3CC=C4C[C@@H](O)CC[C@]4(C)[C@H]3CC[C@@]21C. The topological polar surface area (TPSA) is 46.5 Å². The summed E-state index contributed by atoms with van der Waals surface area (Å²) in [4.78, 5) is 12.6. The molecule has 0 unspecified atom stereocenters. The molecule has 0 bridgehead atoms. The van der Waals surface area contributed by atoms with Crippen LogP contribution in [-0.2, 0) is 9.53 Å². The lowest BCUT2D eigenvalue weighted by Gasteiger charge is -2.59. The van der Waals surface area contributed by atoms with Crippen molar-refractivity contribution in [3.8, 4) is 0 Å². The lowest BCUT2D eigenvalue weighted by Crippen LogP contribution is -2.57. The van der Waals surface area contributed by atoms with Crippen molar-refractivity contribution >= 4 is 5.78 Å². The number of hydrogen-bond acceptors (Lipinski definition) is 3. The Labute approximate surface area is 152 Å². The van der Waals surface area contributed by atoms with Gasteiger partial charge in [-0.3, -0.25) is 4.79 Å². The largest absolute Gasteiger partial charge is 0.393 e. The van der Waals surface area contributed by atoms with Crippen molar-refractivity contribution < 1.29 is 14.6 Å². The summed E-state index contributed by atoms with van der Waals surface area (Å²) >= 11 is 0. The minimum atomic E-state index is -0.573. The van der Waals surface area contributed by atoms with Crippen LogP contribution < -0.4 is 0 Å². The third kappa shape index (κ3) is 2.15. The van der Waals surface area contributed by atoms with Crippen LogP contribution in [0.5, 0.6) is 0 Å². The van der Waals surface area contributed by atoms with E-state index in [1.165, 1.54) is 12.0 Å². The van der Waals surface area contributed by atoms with Gasteiger partial charge in [0.15, 0.2) is 5.78 Å². The van der Waals surface area contributed by atoms with Crippen molar-refractivity contribution in [2.75, 3.05) is 7.11 Å². The smallest absolute Gasteiger partial charge is 0.162 e. The molecule has 4 aliphatic carbocycles. The van der Waals surface area contributed by atoms with E-state index < -0.39 is 5.60 Å². The van der Waals surface area contributed by atoms with Crippen molar-refractivity contribution in [2.24, 2.45) is 28.6 Å². The fourth-order valence-electron chi connectivity index (χ4n) is 7.70. The van der Waals surface area contributed by atoms with Crippen LogP contribution in [0.25, 0.3) is 0 Å². The second kappa shape index (κ2) is 5.66. The van der Waals surface area contributed by atoms with E-state index in [2.05, 4.69) is 19.9 Å². The Balaban J connectivity index is 1.70. The van der Waals surface area contributed by atoms with Crippen LogP contribution >= 0.6 is 0 Å². The lowest BCUT2D eigenvalue weighted by molar-refractivity contribution is -0.167. The van der Waals surface area contributed by atoms with Crippen molar-refractivity contribution in [1.82, 2.24) is 0 Å². The van der Waals surface area contributed by atoms with Crippen molar-refractivity contribution in [2.45, 2.75) is 83.8 Å². The van der Waals surface area contributed by atoms with Crippen LogP contribution in [0.15, 0.2) is 11.6 Å². The lowest BCUT2D eigenvalue weighted by atomic mass is 9.46. The predicted octanol–water partition coefficient (Wildman–Crippen LogP) is 4.28. The number of methoxy groups -OCH3 is 1. The summed E-state index contributed by atoms with van der Waals surface area (Å²) < 4.78 is 5.96. The molecule has 0 aliphatic heterocycles. The van der Waals surface area contributed by atoms with Crippen LogP contribution in [0.1, 0.15) is 72.1 Å². The molecular formula is C22H34O3. The van der Waals surface area contributed by atoms with E-state index in [4.69, 9.17) is 4.74 Å². The standard InChI is InChI=1S/C22H34O3/c1-14(23)22(25-4)12-9-19-17-6-5-15-13-16(24)7-10-20(15,2)18(17)8-11-21(19,22)3/h5,16-19,24H,6-13H2,1-4H3/t16-,17+,18-,19-,20-,21-,22-/m0/s1. The molecule has 0 aromatic rings. The number of rotatable bonds is 2. The van der Waals surface area contributed by atoms with Gasteiger partial charge in [-0.05, 0) is 81.5 Å². The number of Topliss-reactive ketones (excluding diaryl/α,β-unsaturated/α-hetero) is 1. The highest BCUT2D eigenvalue weighted by Gasteiger charge is 2.66. The molecule has 3 nitrogen and oxygen atoms in total. The van der Waals surface area contributed by atoms with E-state index in [1.54, 1.807) is 14.0 Å². The van der Waals surface area contributed by atoms with Crippen LogP contribution in [0.2, 0.25) is 0 Å². The quantitative estimate of drug-likeness (QED) is 0.759. The van der Waals surface area contributed by atoms with Crippen LogP contribution in [0.4, 0.5) is 0 Å². The molecule has 3 saturated carbocycles. The van der Waals surface area contributed by atoms with Gasteiger partial charge in [0.05, 0.1) is 6.10 Å². The molecule has 25 heavy (non-hydrogen) atoms. The van der Waals surface area contributed by atoms with E-state index in [0.717, 1.165) is 44.9 Å². The molecule has 0 radical (unpaired) electrons. The summed E-state index contributed by atoms with van der Waals surface area (Å²) in [5, 5.41) is 10.1. The molecule has 4 rings (SSSR count). The molecular weight excluding hydrogens is 312 g/mol. The Morgan fingerprint density at radius 1 is 1.16 bits per heavy atom. The Kier molecular flexibility index (Phi) is 4.01. The minimum absolute atomic E-state index is 0.0232. The number of carbonyl (C=O) groups excluding carboxylic acids is 1. The minimum Gasteiger partial charge on any atom is -0.393 e. The third-order valence-corrected chi connectivity index (χ3v) is 9.11. The van der Waals surface area contributed by atoms with Crippen LogP contribution in [-0.4, -0.2) is 29.7 Å². The van der Waals surface area contributed by atoms with Gasteiger partial charge in [-0.2, -0.15) is 0 Å². The molecule has 0 heterocycles. The first-order chi connectivity index (χ1) is 11.8. The molecule has 0 amide bonds. The maximum Gasteiger partial charge on any atom is 0.162 e. The summed E-state index contributed by atoms with van der Waals surface area (Å²) in [6, 6.07) is 0. The van der Waals surface area contributed by atoms with Crippen molar-refractivity contribution in [3.63, 3.8) is 0 Å².